The molecule has 2 heteroatoms. The largest absolute Gasteiger partial charge is 0.508 e. The molecule has 0 spiro atoms. The molecule has 2 atom stereocenters. The highest BCUT2D eigenvalue weighted by Crippen LogP contribution is 2.56. The summed E-state index contributed by atoms with van der Waals surface area (Å²) in [6.07, 6.45) is 8.02. The molecule has 0 aromatic heterocycles. The first kappa shape index (κ1) is 11.1. The van der Waals surface area contributed by atoms with Gasteiger partial charge in [-0.25, -0.2) is 0 Å². The predicted octanol–water partition coefficient (Wildman–Crippen LogP) is 3.15. The van der Waals surface area contributed by atoms with Crippen molar-refractivity contribution in [2.45, 2.75) is 44.1 Å². The molecule has 2 fully saturated rings. The minimum absolute atomic E-state index is 0.101. The van der Waals surface area contributed by atoms with E-state index < -0.39 is 0 Å². The maximum Gasteiger partial charge on any atom is 0.115 e. The van der Waals surface area contributed by atoms with Gasteiger partial charge in [0.1, 0.15) is 5.75 Å². The number of aromatic hydroxyl groups is 1. The van der Waals surface area contributed by atoms with Crippen molar-refractivity contribution in [1.29, 1.82) is 0 Å². The fraction of sp³-hybridized carbons (Fsp3) is 0.600. The molecule has 0 heterocycles. The van der Waals surface area contributed by atoms with Crippen LogP contribution < -0.4 is 5.73 Å². The van der Waals surface area contributed by atoms with Gasteiger partial charge in [0.05, 0.1) is 0 Å². The van der Waals surface area contributed by atoms with E-state index in [0.717, 1.165) is 12.3 Å². The fourth-order valence-corrected chi connectivity index (χ4v) is 3.53. The third-order valence-electron chi connectivity index (χ3n) is 4.68. The van der Waals surface area contributed by atoms with Crippen molar-refractivity contribution in [2.75, 3.05) is 0 Å². The molecule has 1 aromatic rings. The molecule has 2 aliphatic rings. The average Bonchev–Trinajstić information content (AvgIpc) is 3.05. The summed E-state index contributed by atoms with van der Waals surface area (Å²) in [6, 6.07) is 7.47. The maximum absolute atomic E-state index is 9.32. The van der Waals surface area contributed by atoms with Crippen LogP contribution in [0, 0.1) is 11.8 Å². The third kappa shape index (κ3) is 1.95. The molecule has 0 saturated heterocycles. The summed E-state index contributed by atoms with van der Waals surface area (Å²) in [5, 5.41) is 9.32. The lowest BCUT2D eigenvalue weighted by molar-refractivity contribution is 0.302. The minimum atomic E-state index is -0.101. The average molecular weight is 231 g/mol. The summed E-state index contributed by atoms with van der Waals surface area (Å²) in [5.74, 6) is 1.84. The summed E-state index contributed by atoms with van der Waals surface area (Å²) >= 11 is 0. The first-order valence-corrected chi connectivity index (χ1v) is 6.78. The summed E-state index contributed by atoms with van der Waals surface area (Å²) < 4.78 is 0. The van der Waals surface area contributed by atoms with Gasteiger partial charge >= 0.3 is 0 Å². The highest BCUT2D eigenvalue weighted by Gasteiger charge is 2.55. The van der Waals surface area contributed by atoms with E-state index in [-0.39, 0.29) is 5.54 Å². The zero-order valence-electron chi connectivity index (χ0n) is 10.2. The van der Waals surface area contributed by atoms with E-state index in [1.165, 1.54) is 37.7 Å². The van der Waals surface area contributed by atoms with Gasteiger partial charge in [0, 0.05) is 5.54 Å². The van der Waals surface area contributed by atoms with Gasteiger partial charge < -0.3 is 10.8 Å². The van der Waals surface area contributed by atoms with Crippen molar-refractivity contribution in [1.82, 2.24) is 0 Å². The van der Waals surface area contributed by atoms with Crippen LogP contribution in [0.15, 0.2) is 24.3 Å². The molecule has 2 unspecified atom stereocenters. The van der Waals surface area contributed by atoms with Crippen molar-refractivity contribution in [2.24, 2.45) is 17.6 Å². The number of phenolic OH excluding ortho intramolecular Hbond substituents is 1. The third-order valence-corrected chi connectivity index (χ3v) is 4.68. The van der Waals surface area contributed by atoms with Gasteiger partial charge in [-0.05, 0) is 36.0 Å². The molecule has 17 heavy (non-hydrogen) atoms. The van der Waals surface area contributed by atoms with Gasteiger partial charge in [-0.2, -0.15) is 0 Å². The minimum Gasteiger partial charge on any atom is -0.508 e. The lowest BCUT2D eigenvalue weighted by Gasteiger charge is -2.24. The SMILES string of the molecule is NC1(c2ccc(O)cc2)CC1C1CCCCC1. The highest BCUT2D eigenvalue weighted by atomic mass is 16.3. The second-order valence-electron chi connectivity index (χ2n) is 5.80. The Bertz CT molecular complexity index is 394. The van der Waals surface area contributed by atoms with Crippen LogP contribution in [0.3, 0.4) is 0 Å². The molecule has 3 N–H and O–H groups in total. The monoisotopic (exact) mass is 231 g/mol. The van der Waals surface area contributed by atoms with E-state index in [9.17, 15) is 5.11 Å². The quantitative estimate of drug-likeness (QED) is 0.821. The summed E-state index contributed by atoms with van der Waals surface area (Å²) in [7, 11) is 0. The lowest BCUT2D eigenvalue weighted by atomic mass is 9.83. The number of benzene rings is 1. The Kier molecular flexibility index (Phi) is 2.62. The van der Waals surface area contributed by atoms with Gasteiger partial charge in [0.2, 0.25) is 0 Å². The van der Waals surface area contributed by atoms with E-state index in [0.29, 0.717) is 11.7 Å². The van der Waals surface area contributed by atoms with Crippen molar-refractivity contribution < 1.29 is 5.11 Å². The highest BCUT2D eigenvalue weighted by molar-refractivity contribution is 5.36. The van der Waals surface area contributed by atoms with Crippen LogP contribution in [0.5, 0.6) is 5.75 Å². The van der Waals surface area contributed by atoms with E-state index in [4.69, 9.17) is 5.73 Å². The Morgan fingerprint density at radius 3 is 2.35 bits per heavy atom. The molecule has 92 valence electrons. The van der Waals surface area contributed by atoms with Crippen LogP contribution in [0.2, 0.25) is 0 Å². The van der Waals surface area contributed by atoms with Crippen LogP contribution in [-0.2, 0) is 5.54 Å². The zero-order chi connectivity index (χ0) is 11.9. The van der Waals surface area contributed by atoms with E-state index in [1.54, 1.807) is 12.1 Å². The molecule has 0 radical (unpaired) electrons. The number of rotatable bonds is 2. The molecule has 2 aliphatic carbocycles. The van der Waals surface area contributed by atoms with Crippen molar-refractivity contribution in [3.8, 4) is 5.75 Å². The predicted molar refractivity (Wildman–Crippen MR) is 68.7 cm³/mol. The lowest BCUT2D eigenvalue weighted by Crippen LogP contribution is -2.25. The number of nitrogens with two attached hydrogens (primary N) is 1. The van der Waals surface area contributed by atoms with E-state index in [1.807, 2.05) is 12.1 Å². The van der Waals surface area contributed by atoms with Crippen LogP contribution in [0.25, 0.3) is 0 Å². The zero-order valence-corrected chi connectivity index (χ0v) is 10.2. The number of hydrogen-bond acceptors (Lipinski definition) is 2. The maximum atomic E-state index is 9.32. The van der Waals surface area contributed by atoms with Crippen LogP contribution in [0.1, 0.15) is 44.1 Å². The Morgan fingerprint density at radius 1 is 1.06 bits per heavy atom. The molecular formula is C15H21NO. The van der Waals surface area contributed by atoms with Crippen molar-refractivity contribution in [3.05, 3.63) is 29.8 Å². The molecule has 0 bridgehead atoms. The first-order chi connectivity index (χ1) is 8.20. The number of phenols is 1. The Balaban J connectivity index is 1.74. The summed E-state index contributed by atoms with van der Waals surface area (Å²) in [4.78, 5) is 0. The van der Waals surface area contributed by atoms with Crippen LogP contribution in [-0.4, -0.2) is 5.11 Å². The molecule has 3 rings (SSSR count). The van der Waals surface area contributed by atoms with Gasteiger partial charge in [0.15, 0.2) is 0 Å². The Labute approximate surface area is 103 Å². The second-order valence-corrected chi connectivity index (χ2v) is 5.80. The van der Waals surface area contributed by atoms with E-state index in [2.05, 4.69) is 0 Å². The van der Waals surface area contributed by atoms with E-state index >= 15 is 0 Å². The first-order valence-electron chi connectivity index (χ1n) is 6.78. The summed E-state index contributed by atoms with van der Waals surface area (Å²) in [6.45, 7) is 0. The Hall–Kier alpha value is -1.02. The van der Waals surface area contributed by atoms with Gasteiger partial charge in [-0.15, -0.1) is 0 Å². The molecule has 1 aromatic carbocycles. The molecule has 2 saturated carbocycles. The van der Waals surface area contributed by atoms with Gasteiger partial charge in [-0.3, -0.25) is 0 Å². The number of hydrogen-bond donors (Lipinski definition) is 2. The molecular weight excluding hydrogens is 210 g/mol. The smallest absolute Gasteiger partial charge is 0.115 e. The normalized spacial score (nSPS) is 33.6. The van der Waals surface area contributed by atoms with Crippen LogP contribution in [0.4, 0.5) is 0 Å². The topological polar surface area (TPSA) is 46.2 Å². The van der Waals surface area contributed by atoms with Crippen molar-refractivity contribution >= 4 is 0 Å². The Morgan fingerprint density at radius 2 is 1.71 bits per heavy atom. The standard InChI is InChI=1S/C15H21NO/c16-15(12-6-8-13(17)9-7-12)10-14(15)11-4-2-1-3-5-11/h6-9,11,14,17H,1-5,10,16H2. The van der Waals surface area contributed by atoms with Crippen molar-refractivity contribution in [3.63, 3.8) is 0 Å². The second kappa shape index (κ2) is 4.02. The molecule has 2 nitrogen and oxygen atoms in total. The van der Waals surface area contributed by atoms with Crippen LogP contribution >= 0.6 is 0 Å². The summed E-state index contributed by atoms with van der Waals surface area (Å²) in [5.41, 5.74) is 7.61. The van der Waals surface area contributed by atoms with Gasteiger partial charge in [0.25, 0.3) is 0 Å². The fourth-order valence-electron chi connectivity index (χ4n) is 3.53. The molecule has 0 amide bonds. The van der Waals surface area contributed by atoms with Gasteiger partial charge in [-0.1, -0.05) is 44.2 Å². The molecule has 0 aliphatic heterocycles.